The van der Waals surface area contributed by atoms with Crippen molar-refractivity contribution in [2.45, 2.75) is 0 Å². The quantitative estimate of drug-likeness (QED) is 0.352. The topological polar surface area (TPSA) is 71.1 Å². The molecule has 2 aliphatic heterocycles. The Balaban J connectivity index is 1.55. The van der Waals surface area contributed by atoms with E-state index >= 15 is 0 Å². The minimum absolute atomic E-state index is 0.403. The summed E-state index contributed by atoms with van der Waals surface area (Å²) in [6, 6.07) is 22.0. The first-order valence-corrected chi connectivity index (χ1v) is 10.7. The van der Waals surface area contributed by atoms with Gasteiger partial charge in [-0.05, 0) is 70.4 Å². The van der Waals surface area contributed by atoms with Gasteiger partial charge in [-0.3, -0.25) is 0 Å². The molecular weight excluding hydrogens is 432 g/mol. The number of carbonyl (C=O) groups is 2. The Kier molecular flexibility index (Phi) is 4.42. The summed E-state index contributed by atoms with van der Waals surface area (Å²) >= 11 is 0. The first-order valence-electron chi connectivity index (χ1n) is 10.7. The molecule has 0 aliphatic carbocycles. The van der Waals surface area contributed by atoms with Crippen LogP contribution in [0.4, 0.5) is 0 Å². The minimum Gasteiger partial charge on any atom is -0.497 e. The molecule has 0 bridgehead atoms. The summed E-state index contributed by atoms with van der Waals surface area (Å²) < 4.78 is 21.6. The fraction of sp³-hybridized carbons (Fsp3) is 0.0714. The molecule has 6 rings (SSSR count). The number of hydrogen-bond acceptors (Lipinski definition) is 6. The highest BCUT2D eigenvalue weighted by Gasteiger charge is 2.27. The van der Waals surface area contributed by atoms with Gasteiger partial charge in [-0.15, -0.1) is 0 Å². The molecule has 6 nitrogen and oxygen atoms in total. The van der Waals surface area contributed by atoms with Crippen LogP contribution in [0.1, 0.15) is 11.1 Å². The highest BCUT2D eigenvalue weighted by Crippen LogP contribution is 2.30. The average Bonchev–Trinajstić information content (AvgIpc) is 3.35. The smallest absolute Gasteiger partial charge is 0.344 e. The van der Waals surface area contributed by atoms with Crippen molar-refractivity contribution in [1.82, 2.24) is 0 Å². The van der Waals surface area contributed by atoms with Crippen LogP contribution in [-0.4, -0.2) is 26.2 Å². The number of hydrogen-bond donors (Lipinski definition) is 0. The molecule has 0 N–H and O–H groups in total. The first-order chi connectivity index (χ1) is 16.6. The molecule has 0 aromatic heterocycles. The molecule has 0 unspecified atom stereocenters. The van der Waals surface area contributed by atoms with Gasteiger partial charge in [0.05, 0.1) is 25.4 Å². The van der Waals surface area contributed by atoms with Gasteiger partial charge in [0.25, 0.3) is 0 Å². The largest absolute Gasteiger partial charge is 0.497 e. The maximum Gasteiger partial charge on any atom is 0.344 e. The Bertz CT molecular complexity index is 1510. The lowest BCUT2D eigenvalue weighted by Crippen LogP contribution is -2.08. The predicted molar refractivity (Wildman–Crippen MR) is 125 cm³/mol. The van der Waals surface area contributed by atoms with Crippen LogP contribution in [0.2, 0.25) is 0 Å². The highest BCUT2D eigenvalue weighted by atomic mass is 16.5. The molecule has 0 fully saturated rings. The monoisotopic (exact) mass is 450 g/mol. The molecule has 2 aliphatic rings. The zero-order valence-corrected chi connectivity index (χ0v) is 18.4. The number of benzene rings is 4. The van der Waals surface area contributed by atoms with Crippen LogP contribution in [0.3, 0.4) is 0 Å². The van der Waals surface area contributed by atoms with Gasteiger partial charge in [0.2, 0.25) is 0 Å². The maximum absolute atomic E-state index is 12.7. The number of carbonyl (C=O) groups excluding carboxylic acids is 2. The molecule has 0 spiro atoms. The van der Waals surface area contributed by atoms with Gasteiger partial charge in [-0.1, -0.05) is 24.3 Å². The molecule has 0 radical (unpaired) electrons. The third kappa shape index (κ3) is 3.03. The lowest BCUT2D eigenvalue weighted by molar-refractivity contribution is -0.128. The predicted octanol–water partition coefficient (Wildman–Crippen LogP) is 3.09. The molecule has 4 aromatic rings. The third-order valence-corrected chi connectivity index (χ3v) is 6.15. The summed E-state index contributed by atoms with van der Waals surface area (Å²) in [5.74, 6) is 1.57. The van der Waals surface area contributed by atoms with E-state index in [2.05, 4.69) is 0 Å². The Morgan fingerprint density at radius 1 is 0.559 bits per heavy atom. The van der Waals surface area contributed by atoms with Gasteiger partial charge in [0.1, 0.15) is 23.0 Å². The molecule has 166 valence electrons. The SMILES string of the molecule is COc1ccc(C2=c3cc4cc5c(cc4cc3OC2=O)=C(c2ccc(OC)cc2)C(=O)O5)cc1. The van der Waals surface area contributed by atoms with Gasteiger partial charge >= 0.3 is 11.9 Å². The van der Waals surface area contributed by atoms with Gasteiger partial charge in [0, 0.05) is 10.4 Å². The van der Waals surface area contributed by atoms with Crippen LogP contribution in [-0.2, 0) is 9.59 Å². The van der Waals surface area contributed by atoms with Crippen molar-refractivity contribution in [3.05, 3.63) is 94.4 Å². The first kappa shape index (κ1) is 20.1. The van der Waals surface area contributed by atoms with E-state index in [0.29, 0.717) is 44.6 Å². The van der Waals surface area contributed by atoms with Gasteiger partial charge in [-0.2, -0.15) is 0 Å². The molecular formula is C28H18O6. The van der Waals surface area contributed by atoms with E-state index in [1.165, 1.54) is 0 Å². The van der Waals surface area contributed by atoms with Gasteiger partial charge < -0.3 is 18.9 Å². The standard InChI is InChI=1S/C28H18O6/c1-31-19-7-3-15(4-8-19)25-21-11-17-14-24-22(12-18(17)13-23(21)33-27(25)29)26(28(30)34-24)16-5-9-20(32-2)10-6-16/h3-14H,1-2H3. The average molecular weight is 450 g/mol. The van der Waals surface area contributed by atoms with Crippen molar-refractivity contribution in [3.8, 4) is 23.0 Å². The van der Waals surface area contributed by atoms with Gasteiger partial charge in [-0.25, -0.2) is 9.59 Å². The molecule has 2 heterocycles. The summed E-state index contributed by atoms with van der Waals surface area (Å²) in [6.07, 6.45) is 0. The van der Waals surface area contributed by atoms with Crippen molar-refractivity contribution in [2.24, 2.45) is 0 Å². The van der Waals surface area contributed by atoms with Gasteiger partial charge in [0.15, 0.2) is 0 Å². The molecule has 0 amide bonds. The van der Waals surface area contributed by atoms with E-state index in [1.807, 2.05) is 48.5 Å². The lowest BCUT2D eigenvalue weighted by Gasteiger charge is -2.03. The minimum atomic E-state index is -0.403. The van der Waals surface area contributed by atoms with E-state index in [0.717, 1.165) is 21.9 Å². The summed E-state index contributed by atoms with van der Waals surface area (Å²) in [5.41, 5.74) is 2.46. The van der Waals surface area contributed by atoms with E-state index in [1.54, 1.807) is 38.5 Å². The Morgan fingerprint density at radius 2 is 0.941 bits per heavy atom. The second kappa shape index (κ2) is 7.49. The van der Waals surface area contributed by atoms with E-state index in [4.69, 9.17) is 18.9 Å². The van der Waals surface area contributed by atoms with Crippen molar-refractivity contribution in [2.75, 3.05) is 14.2 Å². The third-order valence-electron chi connectivity index (χ3n) is 6.15. The lowest BCUT2D eigenvalue weighted by atomic mass is 9.99. The molecule has 6 heteroatoms. The number of rotatable bonds is 4. The summed E-state index contributed by atoms with van der Waals surface area (Å²) in [5, 5.41) is 3.08. The van der Waals surface area contributed by atoms with Crippen LogP contribution in [0, 0.1) is 0 Å². The fourth-order valence-electron chi connectivity index (χ4n) is 4.45. The van der Waals surface area contributed by atoms with Crippen molar-refractivity contribution < 1.29 is 28.5 Å². The zero-order chi connectivity index (χ0) is 23.4. The Labute approximate surface area is 194 Å². The highest BCUT2D eigenvalue weighted by molar-refractivity contribution is 6.21. The van der Waals surface area contributed by atoms with E-state index in [-0.39, 0.29) is 0 Å². The molecule has 4 aromatic carbocycles. The second-order valence-corrected chi connectivity index (χ2v) is 8.03. The summed E-state index contributed by atoms with van der Waals surface area (Å²) in [4.78, 5) is 25.4. The zero-order valence-electron chi connectivity index (χ0n) is 18.4. The molecule has 34 heavy (non-hydrogen) atoms. The van der Waals surface area contributed by atoms with Crippen LogP contribution in [0.15, 0.2) is 72.8 Å². The number of fused-ring (bicyclic) bond motifs is 3. The molecule has 0 saturated heterocycles. The maximum atomic E-state index is 12.7. The number of methoxy groups -OCH3 is 2. The van der Waals surface area contributed by atoms with Crippen molar-refractivity contribution in [3.63, 3.8) is 0 Å². The van der Waals surface area contributed by atoms with Crippen molar-refractivity contribution in [1.29, 1.82) is 0 Å². The second-order valence-electron chi connectivity index (χ2n) is 8.03. The Morgan fingerprint density at radius 3 is 1.29 bits per heavy atom. The molecule has 0 saturated carbocycles. The Hall–Kier alpha value is -4.58. The fourth-order valence-corrected chi connectivity index (χ4v) is 4.45. The van der Waals surface area contributed by atoms with E-state index in [9.17, 15) is 9.59 Å². The van der Waals surface area contributed by atoms with Crippen LogP contribution in [0.5, 0.6) is 23.0 Å². The van der Waals surface area contributed by atoms with Crippen LogP contribution in [0.25, 0.3) is 21.9 Å². The number of esters is 2. The summed E-state index contributed by atoms with van der Waals surface area (Å²) in [6.45, 7) is 0. The summed E-state index contributed by atoms with van der Waals surface area (Å²) in [7, 11) is 3.19. The number of ether oxygens (including phenoxy) is 4. The van der Waals surface area contributed by atoms with E-state index < -0.39 is 11.9 Å². The van der Waals surface area contributed by atoms with Crippen LogP contribution < -0.4 is 29.4 Å². The molecule has 0 atom stereocenters. The normalized spacial score (nSPS) is 14.1. The van der Waals surface area contributed by atoms with Crippen LogP contribution >= 0.6 is 0 Å². The van der Waals surface area contributed by atoms with Crippen molar-refractivity contribution >= 4 is 33.9 Å².